The zero-order valence-corrected chi connectivity index (χ0v) is 10.1. The first-order valence-electron chi connectivity index (χ1n) is 5.61. The van der Waals surface area contributed by atoms with Gasteiger partial charge in [0.15, 0.2) is 5.76 Å². The van der Waals surface area contributed by atoms with Crippen molar-refractivity contribution in [2.24, 2.45) is 5.73 Å². The Morgan fingerprint density at radius 3 is 2.82 bits per heavy atom. The van der Waals surface area contributed by atoms with Gasteiger partial charge in [-0.25, -0.2) is 0 Å². The summed E-state index contributed by atoms with van der Waals surface area (Å²) < 4.78 is 10.5. The summed E-state index contributed by atoms with van der Waals surface area (Å²) in [6.45, 7) is 2.51. The number of nitrogens with two attached hydrogens (primary N) is 1. The van der Waals surface area contributed by atoms with Crippen LogP contribution >= 0.6 is 0 Å². The van der Waals surface area contributed by atoms with Crippen LogP contribution in [0.5, 0.6) is 5.75 Å². The van der Waals surface area contributed by atoms with Gasteiger partial charge in [0, 0.05) is 17.7 Å². The number of hydrogen-bond donors (Lipinski definition) is 1. The molecule has 0 spiro atoms. The van der Waals surface area contributed by atoms with E-state index in [-0.39, 0.29) is 0 Å². The summed E-state index contributed by atoms with van der Waals surface area (Å²) in [5.41, 5.74) is 8.68. The summed E-state index contributed by atoms with van der Waals surface area (Å²) in [5.74, 6) is 1.63. The molecule has 0 fully saturated rings. The third-order valence-corrected chi connectivity index (χ3v) is 2.79. The Morgan fingerprint density at radius 2 is 2.18 bits per heavy atom. The van der Waals surface area contributed by atoms with Crippen LogP contribution in [0, 0.1) is 0 Å². The second-order valence-corrected chi connectivity index (χ2v) is 3.76. The van der Waals surface area contributed by atoms with E-state index in [1.807, 2.05) is 12.1 Å². The molecule has 2 aromatic rings. The SMILES string of the molecule is CCc1cc(-c2oncc2CN)ccc1OC. The third-order valence-electron chi connectivity index (χ3n) is 2.79. The lowest BCUT2D eigenvalue weighted by molar-refractivity contribution is 0.409. The van der Waals surface area contributed by atoms with Gasteiger partial charge in [0.05, 0.1) is 13.3 Å². The lowest BCUT2D eigenvalue weighted by Crippen LogP contribution is -1.96. The average Bonchev–Trinajstić information content (AvgIpc) is 2.86. The summed E-state index contributed by atoms with van der Waals surface area (Å²) in [6, 6.07) is 5.95. The molecule has 0 amide bonds. The third kappa shape index (κ3) is 2.17. The quantitative estimate of drug-likeness (QED) is 0.879. The fraction of sp³-hybridized carbons (Fsp3) is 0.308. The summed E-state index contributed by atoms with van der Waals surface area (Å²) in [5, 5.41) is 3.78. The monoisotopic (exact) mass is 232 g/mol. The summed E-state index contributed by atoms with van der Waals surface area (Å²) in [6.07, 6.45) is 2.56. The zero-order valence-electron chi connectivity index (χ0n) is 10.1. The molecule has 0 bridgehead atoms. The molecule has 2 N–H and O–H groups in total. The Balaban J connectivity index is 2.46. The molecular weight excluding hydrogens is 216 g/mol. The van der Waals surface area contributed by atoms with Crippen LogP contribution < -0.4 is 10.5 Å². The number of aryl methyl sites for hydroxylation is 1. The van der Waals surface area contributed by atoms with Gasteiger partial charge in [-0.1, -0.05) is 12.1 Å². The molecule has 1 aromatic carbocycles. The topological polar surface area (TPSA) is 61.3 Å². The molecule has 1 aromatic heterocycles. The van der Waals surface area contributed by atoms with E-state index in [1.54, 1.807) is 13.3 Å². The van der Waals surface area contributed by atoms with Crippen molar-refractivity contribution in [3.05, 3.63) is 35.5 Å². The molecule has 4 nitrogen and oxygen atoms in total. The van der Waals surface area contributed by atoms with Gasteiger partial charge in [-0.15, -0.1) is 0 Å². The van der Waals surface area contributed by atoms with Crippen molar-refractivity contribution >= 4 is 0 Å². The highest BCUT2D eigenvalue weighted by Gasteiger charge is 2.11. The molecule has 0 aliphatic rings. The maximum Gasteiger partial charge on any atom is 0.171 e. The van der Waals surface area contributed by atoms with Crippen LogP contribution in [0.2, 0.25) is 0 Å². The van der Waals surface area contributed by atoms with E-state index < -0.39 is 0 Å². The van der Waals surface area contributed by atoms with Gasteiger partial charge in [0.25, 0.3) is 0 Å². The highest BCUT2D eigenvalue weighted by atomic mass is 16.5. The van der Waals surface area contributed by atoms with E-state index in [0.29, 0.717) is 6.54 Å². The number of rotatable bonds is 4. The molecule has 0 aliphatic heterocycles. The van der Waals surface area contributed by atoms with E-state index >= 15 is 0 Å². The zero-order chi connectivity index (χ0) is 12.3. The van der Waals surface area contributed by atoms with Crippen molar-refractivity contribution in [3.8, 4) is 17.1 Å². The number of methoxy groups -OCH3 is 1. The molecule has 17 heavy (non-hydrogen) atoms. The van der Waals surface area contributed by atoms with Gasteiger partial charge >= 0.3 is 0 Å². The highest BCUT2D eigenvalue weighted by molar-refractivity contribution is 5.63. The van der Waals surface area contributed by atoms with Gasteiger partial charge in [-0.3, -0.25) is 0 Å². The van der Waals surface area contributed by atoms with Gasteiger partial charge < -0.3 is 15.0 Å². The Labute approximate surface area is 100 Å². The largest absolute Gasteiger partial charge is 0.496 e. The van der Waals surface area contributed by atoms with Crippen molar-refractivity contribution in [2.45, 2.75) is 19.9 Å². The van der Waals surface area contributed by atoms with Gasteiger partial charge in [0.2, 0.25) is 0 Å². The van der Waals surface area contributed by atoms with Crippen LogP contribution in [0.1, 0.15) is 18.1 Å². The first-order chi connectivity index (χ1) is 8.30. The van der Waals surface area contributed by atoms with Crippen LogP contribution in [0.4, 0.5) is 0 Å². The molecule has 0 atom stereocenters. The lowest BCUT2D eigenvalue weighted by Gasteiger charge is -2.08. The molecular formula is C13H16N2O2. The second kappa shape index (κ2) is 5.01. The molecule has 2 rings (SSSR count). The predicted octanol–water partition coefficient (Wildman–Crippen LogP) is 2.37. The maximum atomic E-state index is 5.63. The number of aromatic nitrogens is 1. The molecule has 90 valence electrons. The fourth-order valence-corrected chi connectivity index (χ4v) is 1.84. The molecule has 0 aliphatic carbocycles. The Morgan fingerprint density at radius 1 is 1.35 bits per heavy atom. The van der Waals surface area contributed by atoms with Crippen LogP contribution in [-0.2, 0) is 13.0 Å². The number of benzene rings is 1. The number of nitrogens with zero attached hydrogens (tertiary/aromatic N) is 1. The molecule has 0 saturated heterocycles. The average molecular weight is 232 g/mol. The first kappa shape index (κ1) is 11.7. The van der Waals surface area contributed by atoms with E-state index in [1.165, 1.54) is 0 Å². The van der Waals surface area contributed by atoms with E-state index in [4.69, 9.17) is 15.0 Å². The second-order valence-electron chi connectivity index (χ2n) is 3.76. The molecule has 0 radical (unpaired) electrons. The smallest absolute Gasteiger partial charge is 0.171 e. The van der Waals surface area contributed by atoms with E-state index in [2.05, 4.69) is 18.1 Å². The van der Waals surface area contributed by atoms with E-state index in [9.17, 15) is 0 Å². The summed E-state index contributed by atoms with van der Waals surface area (Å²) in [4.78, 5) is 0. The first-order valence-corrected chi connectivity index (χ1v) is 5.61. The molecule has 0 saturated carbocycles. The Hall–Kier alpha value is -1.81. The van der Waals surface area contributed by atoms with Crippen molar-refractivity contribution in [3.63, 3.8) is 0 Å². The minimum Gasteiger partial charge on any atom is -0.496 e. The van der Waals surface area contributed by atoms with Crippen molar-refractivity contribution in [2.75, 3.05) is 7.11 Å². The fourth-order valence-electron chi connectivity index (χ4n) is 1.84. The highest BCUT2D eigenvalue weighted by Crippen LogP contribution is 2.28. The molecule has 1 heterocycles. The van der Waals surface area contributed by atoms with Crippen molar-refractivity contribution in [1.29, 1.82) is 0 Å². The molecule has 0 unspecified atom stereocenters. The number of ether oxygens (including phenoxy) is 1. The summed E-state index contributed by atoms with van der Waals surface area (Å²) in [7, 11) is 1.67. The minimum absolute atomic E-state index is 0.423. The van der Waals surface area contributed by atoms with Crippen molar-refractivity contribution < 1.29 is 9.26 Å². The van der Waals surface area contributed by atoms with Gasteiger partial charge in [0.1, 0.15) is 5.75 Å². The summed E-state index contributed by atoms with van der Waals surface area (Å²) >= 11 is 0. The van der Waals surface area contributed by atoms with E-state index in [0.717, 1.165) is 34.6 Å². The van der Waals surface area contributed by atoms with Gasteiger partial charge in [-0.05, 0) is 30.2 Å². The maximum absolute atomic E-state index is 5.63. The number of hydrogen-bond acceptors (Lipinski definition) is 4. The Kier molecular flexibility index (Phi) is 3.44. The van der Waals surface area contributed by atoms with Crippen LogP contribution in [0.25, 0.3) is 11.3 Å². The normalized spacial score (nSPS) is 10.5. The molecule has 4 heteroatoms. The van der Waals surface area contributed by atoms with Crippen LogP contribution in [0.3, 0.4) is 0 Å². The van der Waals surface area contributed by atoms with Crippen molar-refractivity contribution in [1.82, 2.24) is 5.16 Å². The minimum atomic E-state index is 0.423. The van der Waals surface area contributed by atoms with Gasteiger partial charge in [-0.2, -0.15) is 0 Å². The lowest BCUT2D eigenvalue weighted by atomic mass is 10.0. The Bertz CT molecular complexity index is 506. The van der Waals surface area contributed by atoms with Crippen LogP contribution in [-0.4, -0.2) is 12.3 Å². The standard InChI is InChI=1S/C13H16N2O2/c1-3-9-6-10(4-5-12(9)16-2)13-11(7-14)8-15-17-13/h4-6,8H,3,7,14H2,1-2H3. The predicted molar refractivity (Wildman–Crippen MR) is 65.8 cm³/mol. The van der Waals surface area contributed by atoms with Crippen LogP contribution in [0.15, 0.2) is 28.9 Å².